The summed E-state index contributed by atoms with van der Waals surface area (Å²) in [6, 6.07) is 4.70. The van der Waals surface area contributed by atoms with Crippen molar-refractivity contribution in [2.75, 3.05) is 40.4 Å². The highest BCUT2D eigenvalue weighted by molar-refractivity contribution is 6.30. The second-order valence-electron chi connectivity index (χ2n) is 13.4. The second-order valence-corrected chi connectivity index (χ2v) is 13.8. The summed E-state index contributed by atoms with van der Waals surface area (Å²) in [6.07, 6.45) is 7.86. The van der Waals surface area contributed by atoms with Crippen molar-refractivity contribution in [2.24, 2.45) is 11.8 Å². The number of hydrogen-bond donors (Lipinski definition) is 1. The minimum absolute atomic E-state index is 0.0421. The van der Waals surface area contributed by atoms with Gasteiger partial charge in [0.15, 0.2) is 0 Å². The molecule has 2 aliphatic rings. The van der Waals surface area contributed by atoms with Crippen LogP contribution in [0.5, 0.6) is 0 Å². The van der Waals surface area contributed by atoms with Crippen molar-refractivity contribution in [2.45, 2.75) is 109 Å². The number of halogens is 2. The Balaban J connectivity index is 1.76. The molecule has 1 N–H and O–H groups in total. The predicted molar refractivity (Wildman–Crippen MR) is 166 cm³/mol. The van der Waals surface area contributed by atoms with E-state index in [2.05, 4.69) is 0 Å². The van der Waals surface area contributed by atoms with Crippen LogP contribution in [0.3, 0.4) is 0 Å². The molecular weight excluding hydrogens is 575 g/mol. The van der Waals surface area contributed by atoms with Crippen LogP contribution in [0.25, 0.3) is 0 Å². The van der Waals surface area contributed by atoms with Gasteiger partial charge in [-0.15, -0.1) is 0 Å². The van der Waals surface area contributed by atoms with Crippen molar-refractivity contribution < 1.29 is 33.3 Å². The summed E-state index contributed by atoms with van der Waals surface area (Å²) in [4.78, 5) is 29.5. The van der Waals surface area contributed by atoms with Crippen LogP contribution in [0, 0.1) is 17.7 Å². The van der Waals surface area contributed by atoms with Crippen LogP contribution in [-0.4, -0.2) is 79.2 Å². The predicted octanol–water partition coefficient (Wildman–Crippen LogP) is 7.54. The van der Waals surface area contributed by atoms with Crippen LogP contribution in [0.4, 0.5) is 14.0 Å². The van der Waals surface area contributed by atoms with E-state index < -0.39 is 41.2 Å². The summed E-state index contributed by atoms with van der Waals surface area (Å²) in [5.74, 6) is -0.614. The summed E-state index contributed by atoms with van der Waals surface area (Å²) in [5.41, 5.74) is -1.99. The quantitative estimate of drug-likeness (QED) is 0.241. The Morgan fingerprint density at radius 1 is 1.14 bits per heavy atom. The summed E-state index contributed by atoms with van der Waals surface area (Å²) >= 11 is 6.13. The minimum atomic E-state index is -1.51. The van der Waals surface area contributed by atoms with Crippen molar-refractivity contribution in [1.82, 2.24) is 9.80 Å². The fraction of sp³-hybridized carbons (Fsp3) is 0.758. The lowest BCUT2D eigenvalue weighted by molar-refractivity contribution is -0.0651. The number of likely N-dealkylation sites (N-methyl/N-ethyl adjacent to an activating group) is 1. The number of rotatable bonds is 12. The maximum Gasteiger partial charge on any atom is 0.410 e. The van der Waals surface area contributed by atoms with Crippen LogP contribution >= 0.6 is 11.6 Å². The van der Waals surface area contributed by atoms with E-state index in [0.29, 0.717) is 57.6 Å². The third-order valence-electron chi connectivity index (χ3n) is 8.70. The molecule has 0 aromatic heterocycles. The first kappa shape index (κ1) is 35.4. The lowest BCUT2D eigenvalue weighted by Crippen LogP contribution is -2.50. The van der Waals surface area contributed by atoms with Gasteiger partial charge < -0.3 is 29.1 Å². The first-order chi connectivity index (χ1) is 20.3. The molecule has 1 aliphatic heterocycles. The summed E-state index contributed by atoms with van der Waals surface area (Å²) in [6.45, 7) is 6.93. The molecule has 2 fully saturated rings. The third-order valence-corrected chi connectivity index (χ3v) is 8.99. The van der Waals surface area contributed by atoms with Gasteiger partial charge in [0.2, 0.25) is 0 Å². The third kappa shape index (κ3) is 10.5. The van der Waals surface area contributed by atoms with Crippen LogP contribution in [0.1, 0.15) is 97.0 Å². The smallest absolute Gasteiger partial charge is 0.410 e. The van der Waals surface area contributed by atoms with Gasteiger partial charge in [-0.3, -0.25) is 0 Å². The summed E-state index contributed by atoms with van der Waals surface area (Å²) in [5, 5.41) is 12.1. The number of amides is 2. The largest absolute Gasteiger partial charge is 0.444 e. The van der Waals surface area contributed by atoms with E-state index >= 15 is 4.39 Å². The van der Waals surface area contributed by atoms with Crippen LogP contribution < -0.4 is 0 Å². The molecule has 1 aromatic rings. The zero-order valence-corrected chi connectivity index (χ0v) is 27.5. The molecule has 3 atom stereocenters. The van der Waals surface area contributed by atoms with Crippen molar-refractivity contribution in [3.05, 3.63) is 34.6 Å². The van der Waals surface area contributed by atoms with Gasteiger partial charge in [-0.25, -0.2) is 14.0 Å². The number of carbonyl (C=O) groups excluding carboxylic acids is 2. The minimum Gasteiger partial charge on any atom is -0.444 e. The maximum absolute atomic E-state index is 15.3. The molecule has 43 heavy (non-hydrogen) atoms. The highest BCUT2D eigenvalue weighted by atomic mass is 35.5. The lowest BCUT2D eigenvalue weighted by atomic mass is 9.74. The zero-order chi connectivity index (χ0) is 31.6. The van der Waals surface area contributed by atoms with Crippen molar-refractivity contribution in [3.63, 3.8) is 0 Å². The van der Waals surface area contributed by atoms with Crippen molar-refractivity contribution in [1.29, 1.82) is 0 Å². The standard InChI is InChI=1S/C33H52ClFN2O6/c1-32(2,3)43-30(38)36(4)23-26(21-24-13-7-6-8-14-24)42-31(39)37-19-12-15-25(22-37)33(40,18-9-10-20-41-5)27-16-11-17-28(34)29(27)35/h11,16-17,24-26,40H,6-10,12-15,18-23H2,1-5H3/t25-,26?,33+/m1/s1. The number of benzene rings is 1. The molecule has 1 heterocycles. The average Bonchev–Trinajstić information content (AvgIpc) is 2.96. The fourth-order valence-corrected chi connectivity index (χ4v) is 6.64. The number of nitrogens with zero attached hydrogens (tertiary/aromatic N) is 2. The molecule has 1 unspecified atom stereocenters. The molecule has 1 aromatic carbocycles. The monoisotopic (exact) mass is 626 g/mol. The summed E-state index contributed by atoms with van der Waals surface area (Å²) < 4.78 is 32.1. The molecule has 0 bridgehead atoms. The van der Waals surface area contributed by atoms with Crippen LogP contribution in [0.15, 0.2) is 18.2 Å². The average molecular weight is 627 g/mol. The Morgan fingerprint density at radius 2 is 1.86 bits per heavy atom. The van der Waals surface area contributed by atoms with E-state index in [4.69, 9.17) is 25.8 Å². The SMILES string of the molecule is COCCCC[C@@](O)(c1cccc(Cl)c1F)[C@@H]1CCCN(C(=O)OC(CC2CCCCC2)CN(C)C(=O)OC(C)(C)C)C1. The van der Waals surface area contributed by atoms with Crippen molar-refractivity contribution >= 4 is 23.8 Å². The van der Waals surface area contributed by atoms with Gasteiger partial charge in [0.1, 0.15) is 17.5 Å². The van der Waals surface area contributed by atoms with Gasteiger partial charge in [-0.2, -0.15) is 0 Å². The van der Waals surface area contributed by atoms with Crippen LogP contribution in [0.2, 0.25) is 5.02 Å². The van der Waals surface area contributed by atoms with Gasteiger partial charge in [0.25, 0.3) is 0 Å². The summed E-state index contributed by atoms with van der Waals surface area (Å²) in [7, 11) is 3.29. The first-order valence-corrected chi connectivity index (χ1v) is 16.3. The Morgan fingerprint density at radius 3 is 2.53 bits per heavy atom. The second kappa shape index (κ2) is 16.3. The number of unbranched alkanes of at least 4 members (excludes halogenated alkanes) is 1. The Kier molecular flexibility index (Phi) is 13.4. The molecule has 3 rings (SSSR count). The van der Waals surface area contributed by atoms with Gasteiger partial charge in [-0.05, 0) is 71.3 Å². The van der Waals surface area contributed by atoms with E-state index in [1.54, 1.807) is 31.2 Å². The van der Waals surface area contributed by atoms with Gasteiger partial charge >= 0.3 is 12.2 Å². The van der Waals surface area contributed by atoms with Crippen molar-refractivity contribution in [3.8, 4) is 0 Å². The Labute approximate surface area is 262 Å². The number of hydrogen-bond acceptors (Lipinski definition) is 6. The molecule has 244 valence electrons. The number of aliphatic hydroxyl groups is 1. The topological polar surface area (TPSA) is 88.5 Å². The molecule has 8 nitrogen and oxygen atoms in total. The Hall–Kier alpha value is -2.10. The number of likely N-dealkylation sites (tertiary alicyclic amines) is 1. The molecule has 0 radical (unpaired) electrons. The highest BCUT2D eigenvalue weighted by Gasteiger charge is 2.43. The number of carbonyl (C=O) groups is 2. The molecule has 10 heteroatoms. The van der Waals surface area contributed by atoms with E-state index in [9.17, 15) is 14.7 Å². The van der Waals surface area contributed by atoms with Gasteiger partial charge in [0.05, 0.1) is 17.2 Å². The Bertz CT molecular complexity index is 1050. The number of piperidine rings is 1. The molecule has 2 amide bonds. The first-order valence-electron chi connectivity index (χ1n) is 15.9. The van der Waals surface area contributed by atoms with Crippen LogP contribution in [-0.2, 0) is 19.8 Å². The molecule has 0 spiro atoms. The molecule has 1 saturated carbocycles. The molecule has 1 aliphatic carbocycles. The highest BCUT2D eigenvalue weighted by Crippen LogP contribution is 2.42. The zero-order valence-electron chi connectivity index (χ0n) is 26.7. The van der Waals surface area contributed by atoms with E-state index in [0.717, 1.165) is 25.7 Å². The lowest BCUT2D eigenvalue weighted by Gasteiger charge is -2.43. The molecule has 1 saturated heterocycles. The molecular formula is C33H52ClFN2O6. The normalized spacial score (nSPS) is 20.3. The van der Waals surface area contributed by atoms with E-state index in [1.165, 1.54) is 17.4 Å². The van der Waals surface area contributed by atoms with Gasteiger partial charge in [0, 0.05) is 45.3 Å². The maximum atomic E-state index is 15.3. The van der Waals surface area contributed by atoms with Gasteiger partial charge in [-0.1, -0.05) is 55.8 Å². The number of ether oxygens (including phenoxy) is 3. The van der Waals surface area contributed by atoms with E-state index in [-0.39, 0.29) is 23.7 Å². The number of methoxy groups -OCH3 is 1. The van der Waals surface area contributed by atoms with E-state index in [1.807, 2.05) is 20.8 Å². The fourth-order valence-electron chi connectivity index (χ4n) is 6.46.